The molecule has 0 radical (unpaired) electrons. The molecule has 2 aromatic carbocycles. The number of ether oxygens (including phenoxy) is 1. The van der Waals surface area contributed by atoms with Crippen molar-refractivity contribution in [3.63, 3.8) is 0 Å². The van der Waals surface area contributed by atoms with E-state index in [2.05, 4.69) is 25.8 Å². The first-order valence-electron chi connectivity index (χ1n) is 10.9. The van der Waals surface area contributed by atoms with Gasteiger partial charge in [-0.2, -0.15) is 18.3 Å². The van der Waals surface area contributed by atoms with Crippen LogP contribution in [0.15, 0.2) is 30.5 Å². The molecule has 0 bridgehead atoms. The highest BCUT2D eigenvalue weighted by Gasteiger charge is 2.36. The van der Waals surface area contributed by atoms with Crippen molar-refractivity contribution in [3.05, 3.63) is 41.0 Å². The molecule has 0 aliphatic heterocycles. The minimum atomic E-state index is -4.64. The minimum Gasteiger partial charge on any atom is -0.492 e. The molecule has 0 aliphatic rings. The highest BCUT2D eigenvalue weighted by atomic mass is 35.5. The topological polar surface area (TPSA) is 129 Å². The number of rotatable bonds is 9. The minimum absolute atomic E-state index is 0.00707. The highest BCUT2D eigenvalue weighted by Crippen LogP contribution is 2.41. The van der Waals surface area contributed by atoms with Gasteiger partial charge in [0, 0.05) is 23.6 Å². The van der Waals surface area contributed by atoms with Crippen molar-refractivity contribution in [3.8, 4) is 5.75 Å². The summed E-state index contributed by atoms with van der Waals surface area (Å²) in [7, 11) is 0. The van der Waals surface area contributed by atoms with Crippen molar-refractivity contribution in [2.24, 2.45) is 0 Å². The number of carbonyl (C=O) groups excluding carboxylic acids is 1. The average molecular weight is 556 g/mol. The zero-order chi connectivity index (χ0) is 27.0. The molecular weight excluding hydrogens is 535 g/mol. The first kappa shape index (κ1) is 26.5. The number of hydrogen-bond donors (Lipinski definition) is 4. The van der Waals surface area contributed by atoms with Crippen LogP contribution in [-0.4, -0.2) is 44.3 Å². The number of hydrogen-bond acceptors (Lipinski definition) is 7. The molecule has 196 valence electrons. The fraction of sp³-hybridized carbons (Fsp3) is 0.304. The Hall–Kier alpha value is -3.58. The monoisotopic (exact) mass is 555 g/mol. The number of H-pyrrole nitrogens is 1. The van der Waals surface area contributed by atoms with Crippen molar-refractivity contribution in [1.82, 2.24) is 15.2 Å². The maximum atomic E-state index is 13.6. The molecule has 0 saturated carbocycles. The van der Waals surface area contributed by atoms with Crippen LogP contribution in [0.4, 0.5) is 24.0 Å². The van der Waals surface area contributed by atoms with Crippen LogP contribution in [0.2, 0.25) is 5.02 Å². The molecule has 0 aliphatic carbocycles. The molecule has 1 amide bonds. The van der Waals surface area contributed by atoms with Gasteiger partial charge in [0.25, 0.3) is 5.91 Å². The Kier molecular flexibility index (Phi) is 7.20. The summed E-state index contributed by atoms with van der Waals surface area (Å²) in [5.41, 5.74) is -1.71. The van der Waals surface area contributed by atoms with Crippen LogP contribution in [-0.2, 0) is 15.8 Å². The second-order valence-electron chi connectivity index (χ2n) is 8.64. The van der Waals surface area contributed by atoms with Crippen molar-refractivity contribution >= 4 is 66.8 Å². The SMILES string of the molecule is CC(C)(Nc1ccc(Cl)c(OCCCC(=O)O)c1)C(=O)Nc1nc2c(C(F)(F)F)cc3[nH]ncc3c2s1. The van der Waals surface area contributed by atoms with E-state index in [1.807, 2.05) is 0 Å². The zero-order valence-electron chi connectivity index (χ0n) is 19.5. The Balaban J connectivity index is 1.52. The van der Waals surface area contributed by atoms with Crippen molar-refractivity contribution in [2.75, 3.05) is 17.2 Å². The van der Waals surface area contributed by atoms with E-state index in [1.54, 1.807) is 32.0 Å². The van der Waals surface area contributed by atoms with Crippen molar-refractivity contribution < 1.29 is 32.6 Å². The molecular formula is C23H21ClF3N5O4S. The maximum absolute atomic E-state index is 13.6. The fourth-order valence-electron chi connectivity index (χ4n) is 3.52. The molecule has 2 aromatic heterocycles. The van der Waals surface area contributed by atoms with Crippen LogP contribution in [0.1, 0.15) is 32.3 Å². The van der Waals surface area contributed by atoms with Gasteiger partial charge in [0.15, 0.2) is 5.13 Å². The van der Waals surface area contributed by atoms with Gasteiger partial charge in [-0.05, 0) is 38.5 Å². The maximum Gasteiger partial charge on any atom is 0.418 e. The molecule has 4 rings (SSSR count). The number of halogens is 4. The van der Waals surface area contributed by atoms with Gasteiger partial charge in [-0.25, -0.2) is 4.98 Å². The van der Waals surface area contributed by atoms with E-state index in [-0.39, 0.29) is 33.9 Å². The van der Waals surface area contributed by atoms with E-state index >= 15 is 0 Å². The molecule has 0 atom stereocenters. The summed E-state index contributed by atoms with van der Waals surface area (Å²) in [5, 5.41) is 21.5. The lowest BCUT2D eigenvalue weighted by molar-refractivity contribution is -0.137. The predicted molar refractivity (Wildman–Crippen MR) is 134 cm³/mol. The molecule has 0 saturated heterocycles. The largest absolute Gasteiger partial charge is 0.492 e. The Morgan fingerprint density at radius 1 is 1.24 bits per heavy atom. The number of carboxylic acids is 1. The van der Waals surface area contributed by atoms with E-state index in [1.165, 1.54) is 6.20 Å². The molecule has 0 spiro atoms. The number of carbonyl (C=O) groups is 2. The molecule has 4 N–H and O–H groups in total. The molecule has 14 heteroatoms. The third kappa shape index (κ3) is 5.88. The first-order chi connectivity index (χ1) is 17.3. The zero-order valence-corrected chi connectivity index (χ0v) is 21.1. The van der Waals surface area contributed by atoms with Gasteiger partial charge in [0.05, 0.1) is 39.1 Å². The first-order valence-corrected chi connectivity index (χ1v) is 12.1. The Labute approximate surface area is 217 Å². The molecule has 0 fully saturated rings. The standard InChI is InChI=1S/C23H21ClF3N5O4S/c1-22(2,31-11-5-6-14(24)16(8-11)36-7-3-4-17(33)34)20(35)30-21-29-18-13(23(25,26)27)9-15-12(10-28-32-15)19(18)37-21/h5-6,8-10,31H,3-4,7H2,1-2H3,(H,28,32)(H,33,34)(H,29,30,35). The van der Waals surface area contributed by atoms with E-state index in [0.29, 0.717) is 28.3 Å². The number of carboxylic acid groups (broad SMARTS) is 1. The fourth-order valence-corrected chi connectivity index (χ4v) is 4.69. The smallest absolute Gasteiger partial charge is 0.418 e. The summed E-state index contributed by atoms with van der Waals surface area (Å²) in [5.74, 6) is -1.17. The number of nitrogens with zero attached hydrogens (tertiary/aromatic N) is 2. The Bertz CT molecular complexity index is 1480. The van der Waals surface area contributed by atoms with Crippen LogP contribution >= 0.6 is 22.9 Å². The summed E-state index contributed by atoms with van der Waals surface area (Å²) < 4.78 is 46.7. The van der Waals surface area contributed by atoms with E-state index in [4.69, 9.17) is 21.4 Å². The number of fused-ring (bicyclic) bond motifs is 3. The van der Waals surface area contributed by atoms with E-state index < -0.39 is 29.2 Å². The normalized spacial score (nSPS) is 12.2. The van der Waals surface area contributed by atoms with E-state index in [9.17, 15) is 22.8 Å². The average Bonchev–Trinajstić information content (AvgIpc) is 3.43. The quantitative estimate of drug-likeness (QED) is 0.189. The summed E-state index contributed by atoms with van der Waals surface area (Å²) in [4.78, 5) is 27.8. The second-order valence-corrected chi connectivity index (χ2v) is 10.1. The lowest BCUT2D eigenvalue weighted by Crippen LogP contribution is -2.44. The van der Waals surface area contributed by atoms with Gasteiger partial charge in [-0.15, -0.1) is 0 Å². The Morgan fingerprint density at radius 3 is 2.70 bits per heavy atom. The third-order valence-electron chi connectivity index (χ3n) is 5.36. The number of nitrogens with one attached hydrogen (secondary N) is 3. The number of aliphatic carboxylic acids is 1. The number of thiazole rings is 1. The number of aromatic nitrogens is 3. The number of aromatic amines is 1. The lowest BCUT2D eigenvalue weighted by atomic mass is 10.0. The van der Waals surface area contributed by atoms with Gasteiger partial charge in [0.2, 0.25) is 0 Å². The highest BCUT2D eigenvalue weighted by molar-refractivity contribution is 7.23. The van der Waals surface area contributed by atoms with Crippen LogP contribution in [0, 0.1) is 0 Å². The van der Waals surface area contributed by atoms with Crippen LogP contribution in [0.5, 0.6) is 5.75 Å². The summed E-state index contributed by atoms with van der Waals surface area (Å²) in [6.07, 6.45) is -2.99. The van der Waals surface area contributed by atoms with Crippen LogP contribution in [0.3, 0.4) is 0 Å². The van der Waals surface area contributed by atoms with Crippen LogP contribution < -0.4 is 15.4 Å². The molecule has 9 nitrogen and oxygen atoms in total. The van der Waals surface area contributed by atoms with Crippen molar-refractivity contribution in [2.45, 2.75) is 38.4 Å². The van der Waals surface area contributed by atoms with Gasteiger partial charge in [0.1, 0.15) is 11.3 Å². The van der Waals surface area contributed by atoms with Gasteiger partial charge in [-0.1, -0.05) is 22.9 Å². The van der Waals surface area contributed by atoms with Crippen molar-refractivity contribution in [1.29, 1.82) is 0 Å². The number of benzene rings is 2. The van der Waals surface area contributed by atoms with Crippen LogP contribution in [0.25, 0.3) is 21.1 Å². The summed E-state index contributed by atoms with van der Waals surface area (Å²) >= 11 is 7.07. The Morgan fingerprint density at radius 2 is 2.00 bits per heavy atom. The van der Waals surface area contributed by atoms with Gasteiger partial charge in [-0.3, -0.25) is 20.0 Å². The predicted octanol–water partition coefficient (Wildman–Crippen LogP) is 5.92. The molecule has 2 heterocycles. The number of anilines is 2. The van der Waals surface area contributed by atoms with Gasteiger partial charge < -0.3 is 15.2 Å². The number of alkyl halides is 3. The summed E-state index contributed by atoms with van der Waals surface area (Å²) in [6, 6.07) is 5.71. The van der Waals surface area contributed by atoms with E-state index in [0.717, 1.165) is 17.4 Å². The number of amides is 1. The molecule has 0 unspecified atom stereocenters. The third-order valence-corrected chi connectivity index (χ3v) is 6.67. The molecule has 37 heavy (non-hydrogen) atoms. The molecule has 4 aromatic rings. The second kappa shape index (κ2) is 10.1. The van der Waals surface area contributed by atoms with Gasteiger partial charge >= 0.3 is 12.1 Å². The summed E-state index contributed by atoms with van der Waals surface area (Å²) in [6.45, 7) is 3.32. The lowest BCUT2D eigenvalue weighted by Gasteiger charge is -2.26.